The molecule has 2 bridgehead atoms. The van der Waals surface area contributed by atoms with Gasteiger partial charge >= 0.3 is 6.09 Å². The summed E-state index contributed by atoms with van der Waals surface area (Å²) in [6.45, 7) is 0.370. The lowest BCUT2D eigenvalue weighted by Crippen LogP contribution is -2.45. The number of thiophene rings is 1. The van der Waals surface area contributed by atoms with Gasteiger partial charge in [0.05, 0.1) is 12.2 Å². The van der Waals surface area contributed by atoms with Crippen molar-refractivity contribution >= 4 is 23.1 Å². The second-order valence-electron chi connectivity index (χ2n) is 7.22. The quantitative estimate of drug-likeness (QED) is 0.781. The molecule has 2 aromatic rings. The number of hydrogen-bond acceptors (Lipinski definition) is 4. The molecule has 4 nitrogen and oxygen atoms in total. The molecule has 1 aromatic carbocycles. The van der Waals surface area contributed by atoms with Gasteiger partial charge in [0.15, 0.2) is 0 Å². The van der Waals surface area contributed by atoms with Crippen LogP contribution in [0, 0.1) is 5.82 Å². The van der Waals surface area contributed by atoms with Crippen LogP contribution < -0.4 is 4.90 Å². The highest BCUT2D eigenvalue weighted by molar-refractivity contribution is 7.08. The molecule has 0 N–H and O–H groups in total. The van der Waals surface area contributed by atoms with Gasteiger partial charge in [0.25, 0.3) is 0 Å². The zero-order valence-corrected chi connectivity index (χ0v) is 15.6. The third-order valence-corrected chi connectivity index (χ3v) is 6.29. The summed E-state index contributed by atoms with van der Waals surface area (Å²) in [4.78, 5) is 17.0. The van der Waals surface area contributed by atoms with Crippen molar-refractivity contribution in [3.05, 3.63) is 52.5 Å². The lowest BCUT2D eigenvalue weighted by atomic mass is 10.0. The minimum atomic E-state index is -0.318. The Kier molecular flexibility index (Phi) is 4.96. The van der Waals surface area contributed by atoms with Gasteiger partial charge in [0, 0.05) is 30.3 Å². The van der Waals surface area contributed by atoms with Crippen molar-refractivity contribution in [2.75, 3.05) is 11.9 Å². The van der Waals surface area contributed by atoms with Crippen LogP contribution in [0.4, 0.5) is 14.9 Å². The molecule has 1 unspecified atom stereocenters. The molecule has 2 fully saturated rings. The SMILES string of the molecule is CN1[C@@H]2CC[C@H]1CC(OC(=O)N(Cc1ccc(F)cc1)c1ccsc1)C2. The highest BCUT2D eigenvalue weighted by Crippen LogP contribution is 2.36. The van der Waals surface area contributed by atoms with Crippen LogP contribution in [0.1, 0.15) is 31.2 Å². The number of halogens is 1. The molecule has 2 saturated heterocycles. The fourth-order valence-corrected chi connectivity index (χ4v) is 4.75. The van der Waals surface area contributed by atoms with Gasteiger partial charge in [-0.3, -0.25) is 4.90 Å². The fraction of sp³-hybridized carbons (Fsp3) is 0.450. The minimum absolute atomic E-state index is 0.0226. The van der Waals surface area contributed by atoms with E-state index in [2.05, 4.69) is 11.9 Å². The monoisotopic (exact) mass is 374 g/mol. The van der Waals surface area contributed by atoms with E-state index in [0.717, 1.165) is 24.1 Å². The van der Waals surface area contributed by atoms with Crippen molar-refractivity contribution < 1.29 is 13.9 Å². The number of hydrogen-bond donors (Lipinski definition) is 0. The Morgan fingerprint density at radius 1 is 1.23 bits per heavy atom. The van der Waals surface area contributed by atoms with Gasteiger partial charge in [-0.25, -0.2) is 9.18 Å². The molecule has 4 rings (SSSR count). The lowest BCUT2D eigenvalue weighted by Gasteiger charge is -2.36. The number of fused-ring (bicyclic) bond motifs is 2. The third kappa shape index (κ3) is 3.62. The van der Waals surface area contributed by atoms with Crippen molar-refractivity contribution in [1.29, 1.82) is 0 Å². The molecule has 138 valence electrons. The van der Waals surface area contributed by atoms with Gasteiger partial charge in [-0.1, -0.05) is 12.1 Å². The van der Waals surface area contributed by atoms with E-state index in [0.29, 0.717) is 18.6 Å². The maximum Gasteiger partial charge on any atom is 0.414 e. The molecule has 0 aliphatic carbocycles. The number of amides is 1. The van der Waals surface area contributed by atoms with Crippen molar-refractivity contribution in [1.82, 2.24) is 4.90 Å². The molecule has 26 heavy (non-hydrogen) atoms. The van der Waals surface area contributed by atoms with Crippen LogP contribution in [0.3, 0.4) is 0 Å². The molecule has 2 aliphatic heterocycles. The number of rotatable bonds is 4. The lowest BCUT2D eigenvalue weighted by molar-refractivity contribution is 0.0314. The number of carbonyl (C=O) groups excluding carboxylic acids is 1. The van der Waals surface area contributed by atoms with Crippen molar-refractivity contribution in [3.8, 4) is 0 Å². The van der Waals surface area contributed by atoms with Crippen molar-refractivity contribution in [2.24, 2.45) is 0 Å². The van der Waals surface area contributed by atoms with E-state index in [1.807, 2.05) is 16.8 Å². The molecule has 3 atom stereocenters. The number of piperidine rings is 1. The van der Waals surface area contributed by atoms with Gasteiger partial charge in [-0.15, -0.1) is 0 Å². The van der Waals surface area contributed by atoms with E-state index in [9.17, 15) is 9.18 Å². The maximum atomic E-state index is 13.2. The van der Waals surface area contributed by atoms with Gasteiger partial charge in [-0.2, -0.15) is 11.3 Å². The molecule has 3 heterocycles. The van der Waals surface area contributed by atoms with E-state index in [4.69, 9.17) is 4.74 Å². The second-order valence-corrected chi connectivity index (χ2v) is 8.00. The number of ether oxygens (including phenoxy) is 1. The predicted octanol–water partition coefficient (Wildman–Crippen LogP) is 4.66. The average molecular weight is 374 g/mol. The van der Waals surface area contributed by atoms with Gasteiger partial charge in [0.2, 0.25) is 0 Å². The molecule has 0 saturated carbocycles. The number of nitrogens with zero attached hydrogens (tertiary/aromatic N) is 2. The summed E-state index contributed by atoms with van der Waals surface area (Å²) in [5.74, 6) is -0.278. The van der Waals surface area contributed by atoms with Gasteiger partial charge in [0.1, 0.15) is 11.9 Å². The fourth-order valence-electron chi connectivity index (χ4n) is 4.11. The topological polar surface area (TPSA) is 32.8 Å². The Bertz CT molecular complexity index is 736. The average Bonchev–Trinajstić information content (AvgIpc) is 3.21. The van der Waals surface area contributed by atoms with E-state index < -0.39 is 0 Å². The van der Waals surface area contributed by atoms with Crippen LogP contribution in [-0.2, 0) is 11.3 Å². The van der Waals surface area contributed by atoms with E-state index in [1.54, 1.807) is 17.0 Å². The number of anilines is 1. The molecular formula is C20H23FN2O2S. The van der Waals surface area contributed by atoms with Crippen molar-refractivity contribution in [2.45, 2.75) is 50.4 Å². The summed E-state index contributed by atoms with van der Waals surface area (Å²) in [5.41, 5.74) is 1.69. The standard InChI is InChI=1S/C20H23FN2O2S/c1-22-16-6-7-17(22)11-19(10-16)25-20(24)23(18-8-9-26-13-18)12-14-2-4-15(21)5-3-14/h2-5,8-9,13,16-17,19H,6-7,10-12H2,1H3/t16-,17+,19?. The van der Waals surface area contributed by atoms with Crippen LogP contribution in [0.15, 0.2) is 41.1 Å². The summed E-state index contributed by atoms with van der Waals surface area (Å²) >= 11 is 1.54. The first-order valence-electron chi connectivity index (χ1n) is 9.07. The first-order valence-corrected chi connectivity index (χ1v) is 10.0. The molecule has 0 radical (unpaired) electrons. The third-order valence-electron chi connectivity index (χ3n) is 5.61. The Balaban J connectivity index is 1.47. The first-order chi connectivity index (χ1) is 12.6. The maximum absolute atomic E-state index is 13.2. The summed E-state index contributed by atoms with van der Waals surface area (Å²) in [5, 5.41) is 3.87. The molecular weight excluding hydrogens is 351 g/mol. The normalized spacial score (nSPS) is 25.2. The summed E-state index contributed by atoms with van der Waals surface area (Å²) < 4.78 is 19.1. The molecule has 6 heteroatoms. The number of benzene rings is 1. The van der Waals surface area contributed by atoms with Crippen LogP contribution in [0.2, 0.25) is 0 Å². The predicted molar refractivity (Wildman–Crippen MR) is 101 cm³/mol. The van der Waals surface area contributed by atoms with Gasteiger partial charge < -0.3 is 9.64 Å². The molecule has 2 aliphatic rings. The smallest absolute Gasteiger partial charge is 0.414 e. The Morgan fingerprint density at radius 2 is 1.92 bits per heavy atom. The zero-order chi connectivity index (χ0) is 18.1. The molecule has 1 amide bonds. The Hall–Kier alpha value is -1.92. The highest BCUT2D eigenvalue weighted by Gasteiger charge is 2.40. The van der Waals surface area contributed by atoms with Gasteiger partial charge in [-0.05, 0) is 49.0 Å². The minimum Gasteiger partial charge on any atom is -0.446 e. The van der Waals surface area contributed by atoms with E-state index >= 15 is 0 Å². The Morgan fingerprint density at radius 3 is 2.54 bits per heavy atom. The second kappa shape index (κ2) is 7.37. The van der Waals surface area contributed by atoms with Crippen LogP contribution in [-0.4, -0.2) is 36.2 Å². The van der Waals surface area contributed by atoms with Crippen LogP contribution in [0.25, 0.3) is 0 Å². The van der Waals surface area contributed by atoms with Crippen LogP contribution >= 0.6 is 11.3 Å². The zero-order valence-electron chi connectivity index (χ0n) is 14.8. The first kappa shape index (κ1) is 17.5. The summed E-state index contributed by atoms with van der Waals surface area (Å²) in [6.07, 6.45) is 3.87. The van der Waals surface area contributed by atoms with E-state index in [-0.39, 0.29) is 18.0 Å². The van der Waals surface area contributed by atoms with Crippen molar-refractivity contribution in [3.63, 3.8) is 0 Å². The van der Waals surface area contributed by atoms with Crippen LogP contribution in [0.5, 0.6) is 0 Å². The largest absolute Gasteiger partial charge is 0.446 e. The highest BCUT2D eigenvalue weighted by atomic mass is 32.1. The Labute approximate surface area is 157 Å². The van der Waals surface area contributed by atoms with E-state index in [1.165, 1.54) is 36.3 Å². The molecule has 0 spiro atoms. The molecule has 1 aromatic heterocycles. The summed E-state index contributed by atoms with van der Waals surface area (Å²) in [7, 11) is 2.17. The summed E-state index contributed by atoms with van der Waals surface area (Å²) in [6, 6.07) is 9.21. The number of carbonyl (C=O) groups is 1.